The van der Waals surface area contributed by atoms with E-state index in [0.717, 1.165) is 47.5 Å². The van der Waals surface area contributed by atoms with E-state index in [1.165, 1.54) is 5.69 Å². The van der Waals surface area contributed by atoms with Crippen molar-refractivity contribution in [2.45, 2.75) is 24.8 Å². The van der Waals surface area contributed by atoms with Crippen LogP contribution in [0.5, 0.6) is 0 Å². The maximum Gasteiger partial charge on any atom is 0.241 e. The van der Waals surface area contributed by atoms with Crippen molar-refractivity contribution in [3.8, 4) is 0 Å². The summed E-state index contributed by atoms with van der Waals surface area (Å²) in [6, 6.07) is 22.1. The van der Waals surface area contributed by atoms with Crippen LogP contribution in [-0.4, -0.2) is 56.5 Å². The molecule has 0 saturated carbocycles. The number of anilines is 5. The highest BCUT2D eigenvalue weighted by Crippen LogP contribution is 2.26. The molecule has 5 rings (SSSR count). The van der Waals surface area contributed by atoms with Gasteiger partial charge in [-0.2, -0.15) is 4.98 Å². The fraction of sp³-hybridized carbons (Fsp3) is 0.267. The van der Waals surface area contributed by atoms with Crippen LogP contribution in [0, 0.1) is 6.92 Å². The largest absolute Gasteiger partial charge is 0.369 e. The minimum Gasteiger partial charge on any atom is -0.369 e. The van der Waals surface area contributed by atoms with Crippen molar-refractivity contribution in [2.24, 2.45) is 0 Å². The average molecular weight is 637 g/mol. The molecular weight excluding hydrogens is 602 g/mol. The lowest BCUT2D eigenvalue weighted by atomic mass is 10.1. The minimum atomic E-state index is -3.76. The molecule has 1 aliphatic heterocycles. The number of likely N-dealkylation sites (N-methyl/N-ethyl adjacent to an activating group) is 1. The third-order valence-electron chi connectivity index (χ3n) is 7.07. The summed E-state index contributed by atoms with van der Waals surface area (Å²) < 4.78 is 30.0. The molecule has 0 unspecified atom stereocenters. The number of rotatable bonds is 9. The zero-order valence-corrected chi connectivity index (χ0v) is 25.7. The Labute approximate surface area is 250 Å². The lowest BCUT2D eigenvalue weighted by molar-refractivity contribution is 0.313. The van der Waals surface area contributed by atoms with E-state index in [9.17, 15) is 8.42 Å². The Morgan fingerprint density at radius 2 is 1.61 bits per heavy atom. The van der Waals surface area contributed by atoms with Crippen molar-refractivity contribution in [1.29, 1.82) is 0 Å². The number of aromatic nitrogens is 2. The van der Waals surface area contributed by atoms with Crippen molar-refractivity contribution in [3.63, 3.8) is 0 Å². The number of nitrogens with one attached hydrogen (secondary N) is 3. The van der Waals surface area contributed by atoms with E-state index in [1.807, 2.05) is 56.3 Å². The number of benzene rings is 3. The van der Waals surface area contributed by atoms with Gasteiger partial charge < -0.3 is 20.4 Å². The molecule has 4 aromatic rings. The summed E-state index contributed by atoms with van der Waals surface area (Å²) in [7, 11) is -1.61. The molecule has 11 heteroatoms. The molecule has 0 aliphatic carbocycles. The average Bonchev–Trinajstić information content (AvgIpc) is 2.96. The molecule has 214 valence electrons. The van der Waals surface area contributed by atoms with Gasteiger partial charge in [-0.15, -0.1) is 0 Å². The molecule has 3 aromatic carbocycles. The predicted molar refractivity (Wildman–Crippen MR) is 169 cm³/mol. The van der Waals surface area contributed by atoms with Crippen LogP contribution in [0.15, 0.2) is 88.4 Å². The Balaban J connectivity index is 1.26. The quantitative estimate of drug-likeness (QED) is 0.211. The van der Waals surface area contributed by atoms with Crippen LogP contribution < -0.4 is 20.3 Å². The topological polar surface area (TPSA) is 102 Å². The molecule has 3 N–H and O–H groups in total. The lowest BCUT2D eigenvalue weighted by Crippen LogP contribution is -2.44. The summed E-state index contributed by atoms with van der Waals surface area (Å²) >= 11 is 3.41. The molecule has 0 bridgehead atoms. The Morgan fingerprint density at radius 1 is 0.902 bits per heavy atom. The zero-order valence-electron chi connectivity index (χ0n) is 23.3. The van der Waals surface area contributed by atoms with Gasteiger partial charge in [-0.05, 0) is 81.1 Å². The SMILES string of the molecule is Cc1cnc(Nc2ccc(N3CCN(C)CC3)cc2)nc1Nc1cccc(S(=O)(=O)N[C@@H](C)c2ccc(Br)cc2)c1. The van der Waals surface area contributed by atoms with E-state index < -0.39 is 16.1 Å². The van der Waals surface area contributed by atoms with E-state index in [4.69, 9.17) is 0 Å². The number of hydrogen-bond acceptors (Lipinski definition) is 8. The van der Waals surface area contributed by atoms with Gasteiger partial charge in [-0.3, -0.25) is 0 Å². The molecule has 9 nitrogen and oxygen atoms in total. The van der Waals surface area contributed by atoms with Gasteiger partial charge in [0.1, 0.15) is 5.82 Å². The second-order valence-corrected chi connectivity index (χ2v) is 12.9. The van der Waals surface area contributed by atoms with E-state index in [1.54, 1.807) is 24.4 Å². The molecule has 1 fully saturated rings. The molecule has 41 heavy (non-hydrogen) atoms. The van der Waals surface area contributed by atoms with Crippen LogP contribution in [-0.2, 0) is 10.0 Å². The Kier molecular flexibility index (Phi) is 8.88. The van der Waals surface area contributed by atoms with Crippen molar-refractivity contribution in [1.82, 2.24) is 19.6 Å². The van der Waals surface area contributed by atoms with Gasteiger partial charge in [-0.1, -0.05) is 34.1 Å². The lowest BCUT2D eigenvalue weighted by Gasteiger charge is -2.34. The van der Waals surface area contributed by atoms with E-state index in [-0.39, 0.29) is 4.90 Å². The van der Waals surface area contributed by atoms with Crippen molar-refractivity contribution < 1.29 is 8.42 Å². The fourth-order valence-electron chi connectivity index (χ4n) is 4.58. The number of hydrogen-bond donors (Lipinski definition) is 3. The normalized spacial score (nSPS) is 15.0. The first kappa shape index (κ1) is 29.0. The third-order valence-corrected chi connectivity index (χ3v) is 9.14. The van der Waals surface area contributed by atoms with Crippen molar-refractivity contribution >= 4 is 54.8 Å². The summed E-state index contributed by atoms with van der Waals surface area (Å²) in [5.41, 5.74) is 4.39. The number of piperazine rings is 1. The van der Waals surface area contributed by atoms with E-state index in [0.29, 0.717) is 17.5 Å². The van der Waals surface area contributed by atoms with Gasteiger partial charge in [0.2, 0.25) is 16.0 Å². The van der Waals surface area contributed by atoms with Crippen LogP contribution in [0.1, 0.15) is 24.1 Å². The monoisotopic (exact) mass is 635 g/mol. The first-order valence-corrected chi connectivity index (χ1v) is 15.7. The van der Waals surface area contributed by atoms with E-state index in [2.05, 4.69) is 70.2 Å². The van der Waals surface area contributed by atoms with Crippen LogP contribution in [0.2, 0.25) is 0 Å². The second kappa shape index (κ2) is 12.6. The maximum absolute atomic E-state index is 13.2. The smallest absolute Gasteiger partial charge is 0.241 e. The van der Waals surface area contributed by atoms with Crippen LogP contribution >= 0.6 is 15.9 Å². The van der Waals surface area contributed by atoms with Crippen LogP contribution in [0.4, 0.5) is 28.8 Å². The predicted octanol–water partition coefficient (Wildman–Crippen LogP) is 5.83. The van der Waals surface area contributed by atoms with Gasteiger partial charge in [-0.25, -0.2) is 18.1 Å². The Bertz CT molecular complexity index is 1590. The van der Waals surface area contributed by atoms with Gasteiger partial charge in [0, 0.05) is 65.5 Å². The van der Waals surface area contributed by atoms with Gasteiger partial charge in [0.15, 0.2) is 0 Å². The standard InChI is InChI=1S/C30H34BrN7O2S/c1-21-20-32-30(34-25-11-13-27(14-12-25)38-17-15-37(3)16-18-38)35-29(21)33-26-5-4-6-28(19-26)41(39,40)36-22(2)23-7-9-24(31)10-8-23/h4-14,19-20,22,36H,15-18H2,1-3H3,(H2,32,33,34,35)/t22-/m0/s1. The van der Waals surface area contributed by atoms with Gasteiger partial charge in [0.05, 0.1) is 4.90 Å². The summed E-state index contributed by atoms with van der Waals surface area (Å²) in [6.45, 7) is 7.87. The van der Waals surface area contributed by atoms with Crippen molar-refractivity contribution in [3.05, 3.63) is 94.6 Å². The summed E-state index contributed by atoms with van der Waals surface area (Å²) in [4.78, 5) is 14.0. The molecule has 2 heterocycles. The molecular formula is C30H34BrN7O2S. The molecule has 0 radical (unpaired) electrons. The van der Waals surface area contributed by atoms with Gasteiger partial charge in [0.25, 0.3) is 0 Å². The summed E-state index contributed by atoms with van der Waals surface area (Å²) in [6.07, 6.45) is 1.73. The number of halogens is 1. The molecule has 1 aliphatic rings. The van der Waals surface area contributed by atoms with Gasteiger partial charge >= 0.3 is 0 Å². The molecule has 1 aromatic heterocycles. The summed E-state index contributed by atoms with van der Waals surface area (Å²) in [5, 5.41) is 6.53. The number of aryl methyl sites for hydroxylation is 1. The minimum absolute atomic E-state index is 0.164. The van der Waals surface area contributed by atoms with Crippen LogP contribution in [0.3, 0.4) is 0 Å². The maximum atomic E-state index is 13.2. The highest BCUT2D eigenvalue weighted by Gasteiger charge is 2.19. The molecule has 1 atom stereocenters. The molecule has 1 saturated heterocycles. The van der Waals surface area contributed by atoms with Crippen LogP contribution in [0.25, 0.3) is 0 Å². The first-order chi connectivity index (χ1) is 19.7. The first-order valence-electron chi connectivity index (χ1n) is 13.5. The summed E-state index contributed by atoms with van der Waals surface area (Å²) in [5.74, 6) is 1.03. The number of nitrogens with zero attached hydrogens (tertiary/aromatic N) is 4. The highest BCUT2D eigenvalue weighted by molar-refractivity contribution is 9.10. The third kappa shape index (κ3) is 7.42. The highest BCUT2D eigenvalue weighted by atomic mass is 79.9. The zero-order chi connectivity index (χ0) is 29.0. The molecule has 0 spiro atoms. The Morgan fingerprint density at radius 3 is 2.32 bits per heavy atom. The van der Waals surface area contributed by atoms with E-state index >= 15 is 0 Å². The van der Waals surface area contributed by atoms with Crippen molar-refractivity contribution in [2.75, 3.05) is 48.8 Å². The number of sulfonamides is 1. The molecule has 0 amide bonds. The fourth-order valence-corrected chi connectivity index (χ4v) is 6.12. The second-order valence-electron chi connectivity index (χ2n) is 10.2. The Hall–Kier alpha value is -3.51.